The molecule has 0 aliphatic carbocycles. The number of amides is 1. The Hall–Kier alpha value is -1.39. The van der Waals surface area contributed by atoms with Crippen molar-refractivity contribution in [2.75, 3.05) is 20.6 Å². The molecule has 3 N–H and O–H groups in total. The van der Waals surface area contributed by atoms with Crippen molar-refractivity contribution in [2.24, 2.45) is 5.73 Å². The van der Waals surface area contributed by atoms with E-state index in [-0.39, 0.29) is 5.91 Å². The Bertz CT molecular complexity index is 366. The van der Waals surface area contributed by atoms with Gasteiger partial charge < -0.3 is 11.1 Å². The molecule has 94 valence electrons. The van der Waals surface area contributed by atoms with Gasteiger partial charge in [-0.1, -0.05) is 30.3 Å². The van der Waals surface area contributed by atoms with Crippen LogP contribution in [0.4, 0.5) is 0 Å². The number of likely N-dealkylation sites (N-methyl/N-ethyl adjacent to an activating group) is 2. The lowest BCUT2D eigenvalue weighted by Crippen LogP contribution is -2.57. The summed E-state index contributed by atoms with van der Waals surface area (Å²) in [6.07, 6.45) is 0. The maximum atomic E-state index is 11.4. The quantitative estimate of drug-likeness (QED) is 0.758. The van der Waals surface area contributed by atoms with Crippen molar-refractivity contribution in [1.29, 1.82) is 0 Å². The Labute approximate surface area is 103 Å². The third kappa shape index (κ3) is 3.84. The summed E-state index contributed by atoms with van der Waals surface area (Å²) in [5.74, 6) is -0.333. The average molecular weight is 235 g/mol. The fraction of sp³-hybridized carbons (Fsp3) is 0.462. The first-order valence-electron chi connectivity index (χ1n) is 5.69. The van der Waals surface area contributed by atoms with Crippen LogP contribution in [0, 0.1) is 0 Å². The molecule has 1 aromatic carbocycles. The fourth-order valence-electron chi connectivity index (χ4n) is 1.77. The van der Waals surface area contributed by atoms with E-state index in [4.69, 9.17) is 5.73 Å². The molecule has 1 rings (SSSR count). The second kappa shape index (κ2) is 5.80. The standard InChI is InChI=1S/C13H21N3O/c1-13(15-2,12(14)17)10-16(3)9-11-7-5-4-6-8-11/h4-8,15H,9-10H2,1-3H3,(H2,14,17). The van der Waals surface area contributed by atoms with E-state index in [1.807, 2.05) is 32.2 Å². The molecule has 0 aliphatic rings. The topological polar surface area (TPSA) is 58.4 Å². The number of nitrogens with two attached hydrogens (primary N) is 1. The van der Waals surface area contributed by atoms with Crippen LogP contribution >= 0.6 is 0 Å². The minimum atomic E-state index is -0.691. The van der Waals surface area contributed by atoms with Crippen molar-refractivity contribution < 1.29 is 4.79 Å². The van der Waals surface area contributed by atoms with Crippen molar-refractivity contribution in [3.63, 3.8) is 0 Å². The predicted octanol–water partition coefficient (Wildman–Crippen LogP) is 0.582. The Kier molecular flexibility index (Phi) is 4.66. The molecule has 0 radical (unpaired) electrons. The van der Waals surface area contributed by atoms with Crippen LogP contribution < -0.4 is 11.1 Å². The zero-order chi connectivity index (χ0) is 12.9. The average Bonchev–Trinajstić information content (AvgIpc) is 2.29. The van der Waals surface area contributed by atoms with E-state index >= 15 is 0 Å². The van der Waals surface area contributed by atoms with Gasteiger partial charge in [-0.15, -0.1) is 0 Å². The largest absolute Gasteiger partial charge is 0.368 e. The minimum absolute atomic E-state index is 0.333. The molecule has 4 nitrogen and oxygen atoms in total. The van der Waals surface area contributed by atoms with Gasteiger partial charge in [0.1, 0.15) is 5.54 Å². The predicted molar refractivity (Wildman–Crippen MR) is 69.4 cm³/mol. The summed E-state index contributed by atoms with van der Waals surface area (Å²) in [5.41, 5.74) is 5.92. The molecule has 0 bridgehead atoms. The van der Waals surface area contributed by atoms with Crippen molar-refractivity contribution in [2.45, 2.75) is 19.0 Å². The molecule has 1 amide bonds. The van der Waals surface area contributed by atoms with E-state index in [1.165, 1.54) is 5.56 Å². The number of rotatable bonds is 6. The molecular formula is C13H21N3O. The zero-order valence-electron chi connectivity index (χ0n) is 10.7. The van der Waals surface area contributed by atoms with Crippen LogP contribution in [0.25, 0.3) is 0 Å². The van der Waals surface area contributed by atoms with Crippen LogP contribution in [0.3, 0.4) is 0 Å². The molecule has 4 heteroatoms. The molecule has 0 aromatic heterocycles. The lowest BCUT2D eigenvalue weighted by Gasteiger charge is -2.30. The van der Waals surface area contributed by atoms with Crippen LogP contribution in [0.15, 0.2) is 30.3 Å². The van der Waals surface area contributed by atoms with Crippen LogP contribution in [-0.2, 0) is 11.3 Å². The van der Waals surface area contributed by atoms with Gasteiger partial charge in [0.05, 0.1) is 0 Å². The van der Waals surface area contributed by atoms with Crippen molar-refractivity contribution in [3.8, 4) is 0 Å². The van der Waals surface area contributed by atoms with E-state index in [0.29, 0.717) is 6.54 Å². The first-order chi connectivity index (χ1) is 7.98. The smallest absolute Gasteiger partial charge is 0.238 e. The third-order valence-electron chi connectivity index (χ3n) is 2.98. The third-order valence-corrected chi connectivity index (χ3v) is 2.98. The molecule has 0 fully saturated rings. The molecule has 0 spiro atoms. The molecule has 17 heavy (non-hydrogen) atoms. The number of nitrogens with zero attached hydrogens (tertiary/aromatic N) is 1. The number of hydrogen-bond donors (Lipinski definition) is 2. The summed E-state index contributed by atoms with van der Waals surface area (Å²) >= 11 is 0. The SMILES string of the molecule is CNC(C)(CN(C)Cc1ccccc1)C(N)=O. The monoisotopic (exact) mass is 235 g/mol. The Morgan fingerprint density at radius 3 is 2.47 bits per heavy atom. The van der Waals surface area contributed by atoms with Gasteiger partial charge in [0, 0.05) is 13.1 Å². The van der Waals surface area contributed by atoms with E-state index in [2.05, 4.69) is 22.3 Å². The molecule has 0 heterocycles. The van der Waals surface area contributed by atoms with Gasteiger partial charge >= 0.3 is 0 Å². The fourth-order valence-corrected chi connectivity index (χ4v) is 1.77. The number of primary amides is 1. The van der Waals surface area contributed by atoms with Crippen LogP contribution in [-0.4, -0.2) is 37.0 Å². The van der Waals surface area contributed by atoms with Crippen molar-refractivity contribution in [3.05, 3.63) is 35.9 Å². The van der Waals surface area contributed by atoms with Gasteiger partial charge in [-0.25, -0.2) is 0 Å². The number of hydrogen-bond acceptors (Lipinski definition) is 3. The van der Waals surface area contributed by atoms with E-state index in [9.17, 15) is 4.79 Å². The van der Waals surface area contributed by atoms with Gasteiger partial charge in [-0.05, 0) is 26.6 Å². The van der Waals surface area contributed by atoms with Gasteiger partial charge in [0.2, 0.25) is 5.91 Å². The van der Waals surface area contributed by atoms with Gasteiger partial charge in [-0.2, -0.15) is 0 Å². The van der Waals surface area contributed by atoms with Crippen LogP contribution in [0.5, 0.6) is 0 Å². The number of nitrogens with one attached hydrogen (secondary N) is 1. The second-order valence-electron chi connectivity index (χ2n) is 4.60. The highest BCUT2D eigenvalue weighted by atomic mass is 16.1. The lowest BCUT2D eigenvalue weighted by atomic mass is 10.0. The summed E-state index contributed by atoms with van der Waals surface area (Å²) in [4.78, 5) is 13.5. The molecule has 1 aromatic rings. The highest BCUT2D eigenvalue weighted by molar-refractivity contribution is 5.84. The summed E-state index contributed by atoms with van der Waals surface area (Å²) in [7, 11) is 3.73. The molecule has 1 atom stereocenters. The maximum Gasteiger partial charge on any atom is 0.238 e. The molecule has 0 aliphatic heterocycles. The number of carbonyl (C=O) groups excluding carboxylic acids is 1. The molecule has 0 saturated carbocycles. The highest BCUT2D eigenvalue weighted by Crippen LogP contribution is 2.08. The lowest BCUT2D eigenvalue weighted by molar-refractivity contribution is -0.124. The van der Waals surface area contributed by atoms with E-state index in [1.54, 1.807) is 7.05 Å². The molecule has 1 unspecified atom stereocenters. The number of carbonyl (C=O) groups is 1. The first-order valence-corrected chi connectivity index (χ1v) is 5.69. The van der Waals surface area contributed by atoms with E-state index < -0.39 is 5.54 Å². The minimum Gasteiger partial charge on any atom is -0.368 e. The van der Waals surface area contributed by atoms with E-state index in [0.717, 1.165) is 6.54 Å². The summed E-state index contributed by atoms with van der Waals surface area (Å²) in [6.45, 7) is 3.19. The van der Waals surface area contributed by atoms with Gasteiger partial charge in [0.25, 0.3) is 0 Å². The summed E-state index contributed by atoms with van der Waals surface area (Å²) in [5, 5.41) is 2.98. The second-order valence-corrected chi connectivity index (χ2v) is 4.60. The summed E-state index contributed by atoms with van der Waals surface area (Å²) in [6, 6.07) is 10.1. The summed E-state index contributed by atoms with van der Waals surface area (Å²) < 4.78 is 0. The van der Waals surface area contributed by atoms with Gasteiger partial charge in [-0.3, -0.25) is 9.69 Å². The molecule has 0 saturated heterocycles. The normalized spacial score (nSPS) is 14.6. The van der Waals surface area contributed by atoms with Crippen LogP contribution in [0.2, 0.25) is 0 Å². The Morgan fingerprint density at radius 2 is 2.00 bits per heavy atom. The zero-order valence-corrected chi connectivity index (χ0v) is 10.7. The Balaban J connectivity index is 2.60. The van der Waals surface area contributed by atoms with Crippen molar-refractivity contribution >= 4 is 5.91 Å². The number of benzene rings is 1. The molecular weight excluding hydrogens is 214 g/mol. The first kappa shape index (κ1) is 13.7. The van der Waals surface area contributed by atoms with Crippen molar-refractivity contribution in [1.82, 2.24) is 10.2 Å². The van der Waals surface area contributed by atoms with Gasteiger partial charge in [0.15, 0.2) is 0 Å². The van der Waals surface area contributed by atoms with Crippen LogP contribution in [0.1, 0.15) is 12.5 Å². The Morgan fingerprint density at radius 1 is 1.41 bits per heavy atom. The highest BCUT2D eigenvalue weighted by Gasteiger charge is 2.30. The maximum absolute atomic E-state index is 11.4.